The van der Waals surface area contributed by atoms with Gasteiger partial charge in [-0.05, 0) is 36.4 Å². The van der Waals surface area contributed by atoms with E-state index in [9.17, 15) is 18.4 Å². The fraction of sp³-hybridized carbons (Fsp3) is 0.0909. The number of halogens is 2. The number of carbonyl (C=O) groups excluding carboxylic acids is 2. The first-order valence-corrected chi connectivity index (χ1v) is 8.79. The Balaban J connectivity index is 1.81. The Morgan fingerprint density at radius 3 is 2.34 bits per heavy atom. The number of rotatable bonds is 6. The zero-order valence-electron chi connectivity index (χ0n) is 15.6. The van der Waals surface area contributed by atoms with Gasteiger partial charge in [-0.15, -0.1) is 0 Å². The molecule has 0 aliphatic heterocycles. The van der Waals surface area contributed by atoms with Crippen molar-refractivity contribution in [2.24, 2.45) is 0 Å². The summed E-state index contributed by atoms with van der Waals surface area (Å²) in [5.74, 6) is -1.74. The van der Waals surface area contributed by atoms with E-state index < -0.39 is 23.4 Å². The molecule has 5 nitrogen and oxygen atoms in total. The molecule has 0 heterocycles. The van der Waals surface area contributed by atoms with Crippen molar-refractivity contribution in [3.05, 3.63) is 84.4 Å². The SMILES string of the molecule is CC(=O)N(CC(=O)Nc1ccc(F)cc1F)c1ccccc1Oc1ccccc1. The molecule has 0 aliphatic rings. The summed E-state index contributed by atoms with van der Waals surface area (Å²) in [6, 6.07) is 18.6. The maximum absolute atomic E-state index is 13.8. The monoisotopic (exact) mass is 396 g/mol. The van der Waals surface area contributed by atoms with Gasteiger partial charge in [0.15, 0.2) is 5.75 Å². The highest BCUT2D eigenvalue weighted by atomic mass is 19.1. The number of ether oxygens (including phenoxy) is 1. The lowest BCUT2D eigenvalue weighted by atomic mass is 10.2. The number of benzene rings is 3. The molecule has 0 saturated heterocycles. The zero-order chi connectivity index (χ0) is 20.8. The largest absolute Gasteiger partial charge is 0.455 e. The quantitative estimate of drug-likeness (QED) is 0.654. The van der Waals surface area contributed by atoms with Gasteiger partial charge in [-0.3, -0.25) is 14.5 Å². The first-order valence-electron chi connectivity index (χ1n) is 8.79. The predicted octanol–water partition coefficient (Wildman–Crippen LogP) is 4.75. The van der Waals surface area contributed by atoms with Crippen LogP contribution in [0.4, 0.5) is 20.2 Å². The van der Waals surface area contributed by atoms with Crippen molar-refractivity contribution in [2.75, 3.05) is 16.8 Å². The van der Waals surface area contributed by atoms with Crippen LogP contribution in [-0.2, 0) is 9.59 Å². The zero-order valence-corrected chi connectivity index (χ0v) is 15.6. The van der Waals surface area contributed by atoms with Crippen molar-refractivity contribution in [1.82, 2.24) is 0 Å². The first kappa shape index (κ1) is 20.0. The molecule has 3 aromatic rings. The van der Waals surface area contributed by atoms with E-state index in [1.165, 1.54) is 11.8 Å². The number of anilines is 2. The second kappa shape index (κ2) is 8.97. The minimum Gasteiger partial charge on any atom is -0.455 e. The van der Waals surface area contributed by atoms with Crippen LogP contribution in [0.1, 0.15) is 6.92 Å². The van der Waals surface area contributed by atoms with E-state index in [4.69, 9.17) is 4.74 Å². The van der Waals surface area contributed by atoms with E-state index in [0.717, 1.165) is 12.1 Å². The number of nitrogens with zero attached hydrogens (tertiary/aromatic N) is 1. The lowest BCUT2D eigenvalue weighted by Gasteiger charge is -2.23. The number of hydrogen-bond donors (Lipinski definition) is 1. The van der Waals surface area contributed by atoms with E-state index in [-0.39, 0.29) is 12.2 Å². The molecule has 0 aromatic heterocycles. The first-order chi connectivity index (χ1) is 13.9. The van der Waals surface area contributed by atoms with Crippen LogP contribution >= 0.6 is 0 Å². The second-order valence-electron chi connectivity index (χ2n) is 6.16. The summed E-state index contributed by atoms with van der Waals surface area (Å²) in [6.45, 7) is 0.937. The highest BCUT2D eigenvalue weighted by Gasteiger charge is 2.20. The van der Waals surface area contributed by atoms with Gasteiger partial charge in [0.25, 0.3) is 0 Å². The van der Waals surface area contributed by atoms with E-state index in [0.29, 0.717) is 23.3 Å². The van der Waals surface area contributed by atoms with Gasteiger partial charge < -0.3 is 10.1 Å². The van der Waals surface area contributed by atoms with Crippen molar-refractivity contribution in [1.29, 1.82) is 0 Å². The van der Waals surface area contributed by atoms with Gasteiger partial charge in [0, 0.05) is 13.0 Å². The van der Waals surface area contributed by atoms with E-state index >= 15 is 0 Å². The molecule has 2 amide bonds. The molecule has 0 saturated carbocycles. The number of hydrogen-bond acceptors (Lipinski definition) is 3. The maximum atomic E-state index is 13.8. The van der Waals surface area contributed by atoms with Gasteiger partial charge in [0.05, 0.1) is 11.4 Å². The van der Waals surface area contributed by atoms with Crippen LogP contribution < -0.4 is 15.0 Å². The van der Waals surface area contributed by atoms with Crippen LogP contribution in [0.2, 0.25) is 0 Å². The molecule has 0 fully saturated rings. The standard InChI is InChI=1S/C22H18F2N2O3/c1-15(27)26(14-22(28)25-19-12-11-16(23)13-18(19)24)20-9-5-6-10-21(20)29-17-7-3-2-4-8-17/h2-13H,14H2,1H3,(H,25,28). The fourth-order valence-corrected chi connectivity index (χ4v) is 2.67. The van der Waals surface area contributed by atoms with E-state index in [1.807, 2.05) is 18.2 Å². The minimum absolute atomic E-state index is 0.172. The van der Waals surface area contributed by atoms with Gasteiger partial charge in [-0.1, -0.05) is 30.3 Å². The van der Waals surface area contributed by atoms with E-state index in [2.05, 4.69) is 5.32 Å². The molecule has 0 radical (unpaired) electrons. The Morgan fingerprint density at radius 1 is 0.966 bits per heavy atom. The Kier molecular flexibility index (Phi) is 6.19. The second-order valence-corrected chi connectivity index (χ2v) is 6.16. The number of amides is 2. The minimum atomic E-state index is -0.902. The summed E-state index contributed by atoms with van der Waals surface area (Å²) >= 11 is 0. The highest BCUT2D eigenvalue weighted by molar-refractivity contribution is 6.02. The van der Waals surface area contributed by atoms with Crippen LogP contribution in [0.3, 0.4) is 0 Å². The number of para-hydroxylation sites is 3. The summed E-state index contributed by atoms with van der Waals surface area (Å²) < 4.78 is 32.7. The van der Waals surface area contributed by atoms with Gasteiger partial charge in [0.2, 0.25) is 11.8 Å². The Morgan fingerprint density at radius 2 is 1.66 bits per heavy atom. The average Bonchev–Trinajstić information content (AvgIpc) is 2.69. The van der Waals surface area contributed by atoms with Gasteiger partial charge in [-0.25, -0.2) is 8.78 Å². The third-order valence-electron chi connectivity index (χ3n) is 4.01. The fourth-order valence-electron chi connectivity index (χ4n) is 2.67. The predicted molar refractivity (Wildman–Crippen MR) is 106 cm³/mol. The normalized spacial score (nSPS) is 10.3. The Labute approximate surface area is 166 Å². The molecule has 0 aliphatic carbocycles. The molecule has 3 aromatic carbocycles. The van der Waals surface area contributed by atoms with Crippen LogP contribution in [0, 0.1) is 11.6 Å². The topological polar surface area (TPSA) is 58.6 Å². The van der Waals surface area contributed by atoms with Crippen molar-refractivity contribution >= 4 is 23.2 Å². The smallest absolute Gasteiger partial charge is 0.244 e. The summed E-state index contributed by atoms with van der Waals surface area (Å²) in [5.41, 5.74) is 0.215. The third-order valence-corrected chi connectivity index (χ3v) is 4.01. The van der Waals surface area contributed by atoms with Gasteiger partial charge in [0.1, 0.15) is 23.9 Å². The summed E-state index contributed by atoms with van der Waals surface area (Å²) in [7, 11) is 0. The van der Waals surface area contributed by atoms with Crippen LogP contribution in [0.25, 0.3) is 0 Å². The van der Waals surface area contributed by atoms with Crippen molar-refractivity contribution in [2.45, 2.75) is 6.92 Å². The molecule has 148 valence electrons. The summed E-state index contributed by atoms with van der Waals surface area (Å²) in [4.78, 5) is 25.8. The molecule has 0 atom stereocenters. The molecule has 0 unspecified atom stereocenters. The molecule has 7 heteroatoms. The molecule has 29 heavy (non-hydrogen) atoms. The maximum Gasteiger partial charge on any atom is 0.244 e. The molecule has 3 rings (SSSR count). The molecular formula is C22H18F2N2O3. The van der Waals surface area contributed by atoms with Crippen molar-refractivity contribution in [3.63, 3.8) is 0 Å². The lowest BCUT2D eigenvalue weighted by Crippen LogP contribution is -2.37. The van der Waals surface area contributed by atoms with E-state index in [1.54, 1.807) is 36.4 Å². The third kappa shape index (κ3) is 5.16. The lowest BCUT2D eigenvalue weighted by molar-refractivity contribution is -0.120. The average molecular weight is 396 g/mol. The summed E-state index contributed by atoms with van der Waals surface area (Å²) in [6.07, 6.45) is 0. The number of nitrogens with one attached hydrogen (secondary N) is 1. The molecule has 0 bridgehead atoms. The van der Waals surface area contributed by atoms with Gasteiger partial charge >= 0.3 is 0 Å². The Hall–Kier alpha value is -3.74. The van der Waals surface area contributed by atoms with Gasteiger partial charge in [-0.2, -0.15) is 0 Å². The summed E-state index contributed by atoms with van der Waals surface area (Å²) in [5, 5.41) is 2.35. The Bertz CT molecular complexity index is 1030. The van der Waals surface area contributed by atoms with Crippen LogP contribution in [0.5, 0.6) is 11.5 Å². The van der Waals surface area contributed by atoms with Crippen molar-refractivity contribution in [3.8, 4) is 11.5 Å². The molecule has 1 N–H and O–H groups in total. The molecule has 0 spiro atoms. The number of carbonyl (C=O) groups is 2. The molecular weight excluding hydrogens is 378 g/mol. The van der Waals surface area contributed by atoms with Crippen LogP contribution in [0.15, 0.2) is 72.8 Å². The highest BCUT2D eigenvalue weighted by Crippen LogP contribution is 2.32. The van der Waals surface area contributed by atoms with Crippen molar-refractivity contribution < 1.29 is 23.1 Å². The van der Waals surface area contributed by atoms with Crippen LogP contribution in [-0.4, -0.2) is 18.4 Å².